The normalized spacial score (nSPS) is 10.9. The summed E-state index contributed by atoms with van der Waals surface area (Å²) < 4.78 is 7.77. The number of fused-ring (bicyclic) bond motifs is 1. The fraction of sp³-hybridized carbons (Fsp3) is 0.208. The number of carbonyl (C=O) groups excluding carboxylic acids is 1. The molecule has 0 saturated heterocycles. The summed E-state index contributed by atoms with van der Waals surface area (Å²) in [5.41, 5.74) is 5.41. The van der Waals surface area contributed by atoms with Crippen molar-refractivity contribution in [3.05, 3.63) is 83.3 Å². The van der Waals surface area contributed by atoms with Crippen LogP contribution in [0.25, 0.3) is 5.65 Å². The minimum atomic E-state index is -0.0744. The van der Waals surface area contributed by atoms with Gasteiger partial charge in [-0.1, -0.05) is 30.3 Å². The van der Waals surface area contributed by atoms with Crippen LogP contribution in [0.1, 0.15) is 29.1 Å². The highest BCUT2D eigenvalue weighted by Gasteiger charge is 2.14. The first-order chi connectivity index (χ1) is 14.5. The predicted octanol–water partition coefficient (Wildman–Crippen LogP) is 5.02. The Morgan fingerprint density at radius 1 is 1.03 bits per heavy atom. The number of amides is 1. The van der Waals surface area contributed by atoms with E-state index in [0.29, 0.717) is 24.3 Å². The van der Waals surface area contributed by atoms with Crippen LogP contribution >= 0.6 is 0 Å². The van der Waals surface area contributed by atoms with E-state index in [2.05, 4.69) is 15.4 Å². The quantitative estimate of drug-likeness (QED) is 0.493. The average Bonchev–Trinajstić information content (AvgIpc) is 3.10. The van der Waals surface area contributed by atoms with Crippen LogP contribution < -0.4 is 10.1 Å². The van der Waals surface area contributed by atoms with E-state index in [0.717, 1.165) is 34.0 Å². The molecule has 30 heavy (non-hydrogen) atoms. The molecule has 6 nitrogen and oxygen atoms in total. The Kier molecular flexibility index (Phi) is 5.48. The van der Waals surface area contributed by atoms with Crippen molar-refractivity contribution in [2.45, 2.75) is 33.6 Å². The van der Waals surface area contributed by atoms with Crippen LogP contribution in [0.2, 0.25) is 0 Å². The standard InChI is InChI=1S/C24H24N4O2/c1-16-15-23-25-17(2)20(18(3)28(23)27-16)13-14-24(29)26-21-11-7-8-12-22(21)30-19-9-5-4-6-10-19/h4-12,15H,13-14H2,1-3H3,(H,26,29). The number of carbonyl (C=O) groups is 1. The maximum atomic E-state index is 12.7. The molecule has 0 aliphatic heterocycles. The number of aryl methyl sites for hydroxylation is 3. The van der Waals surface area contributed by atoms with Gasteiger partial charge in [0.15, 0.2) is 11.4 Å². The van der Waals surface area contributed by atoms with Gasteiger partial charge >= 0.3 is 0 Å². The Hall–Kier alpha value is -3.67. The summed E-state index contributed by atoms with van der Waals surface area (Å²) in [6.07, 6.45) is 0.932. The summed E-state index contributed by atoms with van der Waals surface area (Å²) >= 11 is 0. The van der Waals surface area contributed by atoms with Gasteiger partial charge < -0.3 is 10.1 Å². The Labute approximate surface area is 175 Å². The van der Waals surface area contributed by atoms with Crippen LogP contribution in [-0.4, -0.2) is 20.5 Å². The molecule has 0 unspecified atom stereocenters. The van der Waals surface area contributed by atoms with Crippen molar-refractivity contribution < 1.29 is 9.53 Å². The van der Waals surface area contributed by atoms with Crippen molar-refractivity contribution in [3.63, 3.8) is 0 Å². The summed E-state index contributed by atoms with van der Waals surface area (Å²) in [4.78, 5) is 17.3. The SMILES string of the molecule is Cc1cc2nc(C)c(CCC(=O)Nc3ccccc3Oc3ccccc3)c(C)n2n1. The summed E-state index contributed by atoms with van der Waals surface area (Å²) in [6.45, 7) is 5.95. The number of benzene rings is 2. The molecule has 0 aliphatic rings. The van der Waals surface area contributed by atoms with Gasteiger partial charge in [-0.2, -0.15) is 5.10 Å². The van der Waals surface area contributed by atoms with E-state index in [1.54, 1.807) is 0 Å². The highest BCUT2D eigenvalue weighted by molar-refractivity contribution is 5.92. The van der Waals surface area contributed by atoms with Gasteiger partial charge in [0.1, 0.15) is 5.75 Å². The van der Waals surface area contributed by atoms with E-state index in [9.17, 15) is 4.79 Å². The Bertz CT molecular complexity index is 1200. The number of para-hydroxylation sites is 3. The predicted molar refractivity (Wildman–Crippen MR) is 117 cm³/mol. The van der Waals surface area contributed by atoms with Crippen LogP contribution in [0.15, 0.2) is 60.7 Å². The van der Waals surface area contributed by atoms with Crippen molar-refractivity contribution in [1.82, 2.24) is 14.6 Å². The van der Waals surface area contributed by atoms with E-state index < -0.39 is 0 Å². The van der Waals surface area contributed by atoms with Gasteiger partial charge in [-0.05, 0) is 57.0 Å². The number of nitrogens with one attached hydrogen (secondary N) is 1. The molecule has 0 fully saturated rings. The zero-order valence-corrected chi connectivity index (χ0v) is 17.3. The monoisotopic (exact) mass is 400 g/mol. The van der Waals surface area contributed by atoms with Gasteiger partial charge in [-0.15, -0.1) is 0 Å². The molecule has 0 saturated carbocycles. The summed E-state index contributed by atoms with van der Waals surface area (Å²) in [6, 6.07) is 18.9. The highest BCUT2D eigenvalue weighted by atomic mass is 16.5. The van der Waals surface area contributed by atoms with Gasteiger partial charge in [0.05, 0.1) is 11.4 Å². The minimum Gasteiger partial charge on any atom is -0.455 e. The topological polar surface area (TPSA) is 68.5 Å². The lowest BCUT2D eigenvalue weighted by molar-refractivity contribution is -0.116. The van der Waals surface area contributed by atoms with E-state index in [4.69, 9.17) is 4.74 Å². The first-order valence-corrected chi connectivity index (χ1v) is 9.95. The van der Waals surface area contributed by atoms with E-state index in [1.165, 1.54) is 0 Å². The number of ether oxygens (including phenoxy) is 1. The molecule has 2 aromatic heterocycles. The van der Waals surface area contributed by atoms with Crippen molar-refractivity contribution in [1.29, 1.82) is 0 Å². The van der Waals surface area contributed by atoms with Crippen LogP contribution in [0, 0.1) is 20.8 Å². The molecule has 4 aromatic rings. The maximum Gasteiger partial charge on any atom is 0.224 e. The number of hydrogen-bond donors (Lipinski definition) is 1. The number of hydrogen-bond acceptors (Lipinski definition) is 4. The number of nitrogens with zero attached hydrogens (tertiary/aromatic N) is 3. The number of rotatable bonds is 6. The van der Waals surface area contributed by atoms with E-state index >= 15 is 0 Å². The summed E-state index contributed by atoms with van der Waals surface area (Å²) in [7, 11) is 0. The fourth-order valence-corrected chi connectivity index (χ4v) is 3.53. The van der Waals surface area contributed by atoms with Gasteiger partial charge in [0.25, 0.3) is 0 Å². The molecule has 6 heteroatoms. The van der Waals surface area contributed by atoms with Crippen molar-refractivity contribution in [3.8, 4) is 11.5 Å². The van der Waals surface area contributed by atoms with Gasteiger partial charge in [0.2, 0.25) is 5.91 Å². The lowest BCUT2D eigenvalue weighted by atomic mass is 10.1. The van der Waals surface area contributed by atoms with Crippen molar-refractivity contribution in [2.75, 3.05) is 5.32 Å². The molecule has 0 atom stereocenters. The van der Waals surface area contributed by atoms with Crippen LogP contribution in [0.4, 0.5) is 5.69 Å². The highest BCUT2D eigenvalue weighted by Crippen LogP contribution is 2.29. The van der Waals surface area contributed by atoms with Crippen LogP contribution in [0.5, 0.6) is 11.5 Å². The lowest BCUT2D eigenvalue weighted by Gasteiger charge is -2.13. The molecule has 1 N–H and O–H groups in total. The largest absolute Gasteiger partial charge is 0.455 e. The average molecular weight is 400 g/mol. The third-order valence-electron chi connectivity index (χ3n) is 5.02. The molecule has 2 heterocycles. The number of aromatic nitrogens is 3. The molecule has 4 rings (SSSR count). The zero-order valence-electron chi connectivity index (χ0n) is 17.3. The summed E-state index contributed by atoms with van der Waals surface area (Å²) in [5.74, 6) is 1.26. The second kappa shape index (κ2) is 8.37. The van der Waals surface area contributed by atoms with Crippen molar-refractivity contribution >= 4 is 17.2 Å². The molecule has 0 aliphatic carbocycles. The van der Waals surface area contributed by atoms with Crippen LogP contribution in [0.3, 0.4) is 0 Å². The molecule has 0 radical (unpaired) electrons. The lowest BCUT2D eigenvalue weighted by Crippen LogP contribution is -2.14. The third-order valence-corrected chi connectivity index (χ3v) is 5.02. The molecule has 2 aromatic carbocycles. The summed E-state index contributed by atoms with van der Waals surface area (Å²) in [5, 5.41) is 7.47. The molecule has 0 spiro atoms. The Balaban J connectivity index is 1.47. The second-order valence-electron chi connectivity index (χ2n) is 7.28. The van der Waals surface area contributed by atoms with Crippen molar-refractivity contribution in [2.24, 2.45) is 0 Å². The Morgan fingerprint density at radius 3 is 2.57 bits per heavy atom. The molecule has 0 bridgehead atoms. The first-order valence-electron chi connectivity index (χ1n) is 9.95. The molecule has 1 amide bonds. The second-order valence-corrected chi connectivity index (χ2v) is 7.28. The Morgan fingerprint density at radius 2 is 1.77 bits per heavy atom. The fourth-order valence-electron chi connectivity index (χ4n) is 3.53. The molecular weight excluding hydrogens is 376 g/mol. The van der Waals surface area contributed by atoms with E-state index in [1.807, 2.05) is 86.0 Å². The van der Waals surface area contributed by atoms with Gasteiger partial charge in [-0.25, -0.2) is 9.50 Å². The van der Waals surface area contributed by atoms with Crippen LogP contribution in [-0.2, 0) is 11.2 Å². The minimum absolute atomic E-state index is 0.0744. The van der Waals surface area contributed by atoms with Gasteiger partial charge in [0, 0.05) is 23.9 Å². The third kappa shape index (κ3) is 4.17. The first kappa shape index (κ1) is 19.6. The zero-order chi connectivity index (χ0) is 21.1. The molecule has 152 valence electrons. The molecular formula is C24H24N4O2. The maximum absolute atomic E-state index is 12.7. The van der Waals surface area contributed by atoms with Gasteiger partial charge in [-0.3, -0.25) is 4.79 Å². The smallest absolute Gasteiger partial charge is 0.224 e. The van der Waals surface area contributed by atoms with E-state index in [-0.39, 0.29) is 5.91 Å². The number of anilines is 1.